The first-order valence-electron chi connectivity index (χ1n) is 11.5. The fourth-order valence-electron chi connectivity index (χ4n) is 7.35. The van der Waals surface area contributed by atoms with Crippen LogP contribution in [0.1, 0.15) is 84.5 Å². The maximum atomic E-state index is 12.0. The summed E-state index contributed by atoms with van der Waals surface area (Å²) < 4.78 is 0. The van der Waals surface area contributed by atoms with Crippen LogP contribution in [0.3, 0.4) is 0 Å². The number of carbonyl (C=O) groups excluding carboxylic acids is 1. The van der Waals surface area contributed by atoms with Crippen molar-refractivity contribution in [3.05, 3.63) is 11.6 Å². The van der Waals surface area contributed by atoms with Gasteiger partial charge in [0.05, 0.1) is 0 Å². The van der Waals surface area contributed by atoms with Crippen LogP contribution in [-0.2, 0) is 4.79 Å². The van der Waals surface area contributed by atoms with Crippen molar-refractivity contribution in [2.45, 2.75) is 90.1 Å². The van der Waals surface area contributed by atoms with Crippen molar-refractivity contribution in [1.82, 2.24) is 0 Å². The lowest BCUT2D eigenvalue weighted by Crippen LogP contribution is -2.54. The molecule has 0 heterocycles. The molecule has 4 rings (SSSR count). The minimum absolute atomic E-state index is 0.0862. The fraction of sp³-hybridized carbons (Fsp3) is 0.800. The largest absolute Gasteiger partial charge is 0.377 e. The number of carbonyl (C=O) groups is 1. The summed E-state index contributed by atoms with van der Waals surface area (Å²) in [5.74, 6) is 8.84. The molecule has 3 nitrogen and oxygen atoms in total. The lowest BCUT2D eigenvalue weighted by molar-refractivity contribution is -0.119. The third kappa shape index (κ3) is 2.99. The van der Waals surface area contributed by atoms with Crippen LogP contribution in [0, 0.1) is 40.4 Å². The molecule has 154 valence electrons. The summed E-state index contributed by atoms with van der Waals surface area (Å²) in [7, 11) is 0. The van der Waals surface area contributed by atoms with E-state index in [1.165, 1.54) is 12.0 Å². The van der Waals surface area contributed by atoms with Crippen molar-refractivity contribution in [2.75, 3.05) is 6.54 Å². The van der Waals surface area contributed by atoms with Gasteiger partial charge in [0.2, 0.25) is 0 Å². The third-order valence-electron chi connectivity index (χ3n) is 9.16. The van der Waals surface area contributed by atoms with Gasteiger partial charge in [-0.15, -0.1) is 5.92 Å². The first kappa shape index (κ1) is 20.2. The highest BCUT2D eigenvalue weighted by atomic mass is 16.3. The van der Waals surface area contributed by atoms with Gasteiger partial charge in [0.25, 0.3) is 0 Å². The van der Waals surface area contributed by atoms with Gasteiger partial charge in [0, 0.05) is 18.3 Å². The Bertz CT molecular complexity index is 731. The fourth-order valence-corrected chi connectivity index (χ4v) is 7.35. The molecule has 0 unspecified atom stereocenters. The van der Waals surface area contributed by atoms with Crippen molar-refractivity contribution in [3.63, 3.8) is 0 Å². The number of fused-ring (bicyclic) bond motifs is 5. The molecular weight excluding hydrogens is 346 g/mol. The molecule has 0 bridgehead atoms. The van der Waals surface area contributed by atoms with Gasteiger partial charge >= 0.3 is 0 Å². The number of allylic oxidation sites excluding steroid dienone is 1. The van der Waals surface area contributed by atoms with Gasteiger partial charge in [0.1, 0.15) is 5.60 Å². The van der Waals surface area contributed by atoms with Crippen LogP contribution in [-0.4, -0.2) is 23.0 Å². The number of unbranched alkanes of at least 4 members (excludes halogenated alkanes) is 2. The van der Waals surface area contributed by atoms with Gasteiger partial charge < -0.3 is 10.8 Å². The maximum Gasteiger partial charge on any atom is 0.155 e. The molecule has 0 aliphatic heterocycles. The molecule has 0 spiro atoms. The lowest BCUT2D eigenvalue weighted by atomic mass is 9.46. The Morgan fingerprint density at radius 1 is 1.11 bits per heavy atom. The molecule has 3 N–H and O–H groups in total. The van der Waals surface area contributed by atoms with Crippen LogP contribution >= 0.6 is 0 Å². The molecule has 6 atom stereocenters. The topological polar surface area (TPSA) is 63.3 Å². The van der Waals surface area contributed by atoms with E-state index in [1.54, 1.807) is 0 Å². The van der Waals surface area contributed by atoms with E-state index < -0.39 is 5.60 Å². The Balaban J connectivity index is 1.55. The molecule has 4 aliphatic rings. The molecule has 3 heteroatoms. The Morgan fingerprint density at radius 3 is 2.68 bits per heavy atom. The maximum absolute atomic E-state index is 12.0. The zero-order valence-corrected chi connectivity index (χ0v) is 17.7. The standard InChI is InChI=1S/C25H37NO2/c1-23-13-9-19(27)17-18(23)7-8-20-21(23)10-14-24(2)22(20)11-15-25(24,28)12-5-3-4-6-16-26/h17,20-22,28H,3-4,6-11,13-16,26H2,1-2H3/t20-,21+,22+,23+,24+,25+/m1/s1. The van der Waals surface area contributed by atoms with Crippen LogP contribution < -0.4 is 5.73 Å². The van der Waals surface area contributed by atoms with Crippen molar-refractivity contribution < 1.29 is 9.90 Å². The highest BCUT2D eigenvalue weighted by molar-refractivity contribution is 5.91. The average molecular weight is 384 g/mol. The summed E-state index contributed by atoms with van der Waals surface area (Å²) in [6, 6.07) is 0. The molecule has 28 heavy (non-hydrogen) atoms. The highest BCUT2D eigenvalue weighted by Gasteiger charge is 2.63. The minimum atomic E-state index is -0.828. The van der Waals surface area contributed by atoms with Gasteiger partial charge in [-0.2, -0.15) is 0 Å². The predicted molar refractivity (Wildman–Crippen MR) is 112 cm³/mol. The van der Waals surface area contributed by atoms with E-state index in [1.807, 2.05) is 6.08 Å². The molecule has 3 fully saturated rings. The van der Waals surface area contributed by atoms with Crippen LogP contribution in [0.4, 0.5) is 0 Å². The summed E-state index contributed by atoms with van der Waals surface area (Å²) in [6.45, 7) is 5.45. The van der Waals surface area contributed by atoms with Crippen LogP contribution in [0.2, 0.25) is 0 Å². The van der Waals surface area contributed by atoms with E-state index in [2.05, 4.69) is 25.7 Å². The average Bonchev–Trinajstić information content (AvgIpc) is 2.94. The smallest absolute Gasteiger partial charge is 0.155 e. The Morgan fingerprint density at radius 2 is 1.89 bits per heavy atom. The summed E-state index contributed by atoms with van der Waals surface area (Å²) in [6.07, 6.45) is 13.0. The summed E-state index contributed by atoms with van der Waals surface area (Å²) in [5.41, 5.74) is 6.28. The molecule has 0 aromatic rings. The van der Waals surface area contributed by atoms with E-state index in [-0.39, 0.29) is 10.8 Å². The van der Waals surface area contributed by atoms with Crippen molar-refractivity contribution in [3.8, 4) is 11.8 Å². The van der Waals surface area contributed by atoms with Gasteiger partial charge in [-0.1, -0.05) is 25.3 Å². The van der Waals surface area contributed by atoms with Crippen molar-refractivity contribution >= 4 is 5.78 Å². The first-order valence-corrected chi connectivity index (χ1v) is 11.5. The van der Waals surface area contributed by atoms with Crippen molar-refractivity contribution in [1.29, 1.82) is 0 Å². The van der Waals surface area contributed by atoms with Crippen LogP contribution in [0.25, 0.3) is 0 Å². The first-order chi connectivity index (χ1) is 13.3. The number of aliphatic hydroxyl groups is 1. The number of hydrogen-bond acceptors (Lipinski definition) is 3. The lowest BCUT2D eigenvalue weighted by Gasteiger charge is -2.58. The molecule has 0 saturated heterocycles. The van der Waals surface area contributed by atoms with Gasteiger partial charge in [-0.3, -0.25) is 4.79 Å². The van der Waals surface area contributed by atoms with E-state index in [0.29, 0.717) is 30.0 Å². The summed E-state index contributed by atoms with van der Waals surface area (Å²) >= 11 is 0. The molecule has 4 aliphatic carbocycles. The quantitative estimate of drug-likeness (QED) is 0.561. The second-order valence-electron chi connectivity index (χ2n) is 10.4. The van der Waals surface area contributed by atoms with E-state index in [4.69, 9.17) is 5.73 Å². The number of rotatable bonds is 3. The Hall–Kier alpha value is -1.11. The van der Waals surface area contributed by atoms with Crippen molar-refractivity contribution in [2.24, 2.45) is 34.3 Å². The second kappa shape index (κ2) is 7.29. The third-order valence-corrected chi connectivity index (χ3v) is 9.16. The zero-order valence-electron chi connectivity index (χ0n) is 17.7. The SMILES string of the molecule is C[C@]12CCC(=O)C=C1CC[C@@H]1[C@@H]2CC[C@@]2(C)[C@H]1CC[C@@]2(O)C#CCCCCN. The molecule has 3 saturated carbocycles. The van der Waals surface area contributed by atoms with E-state index in [0.717, 1.165) is 64.3 Å². The zero-order chi connectivity index (χ0) is 20.0. The summed E-state index contributed by atoms with van der Waals surface area (Å²) in [4.78, 5) is 12.0. The number of hydrogen-bond donors (Lipinski definition) is 2. The summed E-state index contributed by atoms with van der Waals surface area (Å²) in [5, 5.41) is 11.6. The van der Waals surface area contributed by atoms with Crippen LogP contribution in [0.5, 0.6) is 0 Å². The monoisotopic (exact) mass is 383 g/mol. The molecular formula is C25H37NO2. The molecule has 0 aromatic heterocycles. The normalized spacial score (nSPS) is 44.6. The van der Waals surface area contributed by atoms with Gasteiger partial charge in [-0.05, 0) is 93.6 Å². The minimum Gasteiger partial charge on any atom is -0.377 e. The predicted octanol–water partition coefficient (Wildman–Crippen LogP) is 4.38. The molecule has 0 amide bonds. The highest BCUT2D eigenvalue weighted by Crippen LogP contribution is 2.67. The van der Waals surface area contributed by atoms with E-state index in [9.17, 15) is 9.90 Å². The van der Waals surface area contributed by atoms with Gasteiger partial charge in [-0.25, -0.2) is 0 Å². The second-order valence-corrected chi connectivity index (χ2v) is 10.4. The Kier molecular flexibility index (Phi) is 5.26. The molecule has 0 aromatic carbocycles. The molecule has 0 radical (unpaired) electrons. The van der Waals surface area contributed by atoms with E-state index >= 15 is 0 Å². The Labute approximate surface area is 170 Å². The number of ketones is 1. The van der Waals surface area contributed by atoms with Gasteiger partial charge in [0.15, 0.2) is 5.78 Å². The van der Waals surface area contributed by atoms with Crippen LogP contribution in [0.15, 0.2) is 11.6 Å². The number of nitrogens with two attached hydrogens (primary N) is 1.